The smallest absolute Gasteiger partial charge is 0.305 e. The van der Waals surface area contributed by atoms with Crippen molar-refractivity contribution in [2.45, 2.75) is 12.8 Å². The van der Waals surface area contributed by atoms with Crippen LogP contribution in [0.3, 0.4) is 0 Å². The highest BCUT2D eigenvalue weighted by atomic mass is 32.1. The average Bonchev–Trinajstić information content (AvgIpc) is 2.91. The summed E-state index contributed by atoms with van der Waals surface area (Å²) in [6.07, 6.45) is 0.809. The molecule has 21 heavy (non-hydrogen) atoms. The van der Waals surface area contributed by atoms with E-state index >= 15 is 0 Å². The Morgan fingerprint density at radius 3 is 2.81 bits per heavy atom. The lowest BCUT2D eigenvalue weighted by Gasteiger charge is -2.15. The number of carbonyl (C=O) groups excluding carboxylic acids is 2. The maximum absolute atomic E-state index is 13.6. The molecule has 0 radical (unpaired) electrons. The first-order valence-corrected chi connectivity index (χ1v) is 7.35. The highest BCUT2D eigenvalue weighted by Crippen LogP contribution is 2.28. The number of methoxy groups -OCH3 is 1. The Morgan fingerprint density at radius 1 is 1.38 bits per heavy atom. The van der Waals surface area contributed by atoms with E-state index in [1.807, 2.05) is 0 Å². The topological polar surface area (TPSA) is 46.6 Å². The molecule has 0 bridgehead atoms. The molecule has 1 heterocycles. The standard InChI is InChI=1S/C15H16FNO3S/c1-17(8-4-7-14(18)20-2)15(19)13-9-10-11(16)5-3-6-12(10)21-13/h3,5-6,9H,4,7-8H2,1-2H3. The summed E-state index contributed by atoms with van der Waals surface area (Å²) in [7, 11) is 3.00. The van der Waals surface area contributed by atoms with Crippen LogP contribution in [0.5, 0.6) is 0 Å². The number of hydrogen-bond donors (Lipinski definition) is 0. The van der Waals surface area contributed by atoms with E-state index in [4.69, 9.17) is 0 Å². The lowest BCUT2D eigenvalue weighted by atomic mass is 10.2. The largest absolute Gasteiger partial charge is 0.469 e. The van der Waals surface area contributed by atoms with Crippen LogP contribution in [0.2, 0.25) is 0 Å². The van der Waals surface area contributed by atoms with Crippen LogP contribution in [-0.4, -0.2) is 37.5 Å². The lowest BCUT2D eigenvalue weighted by Crippen LogP contribution is -2.27. The van der Waals surface area contributed by atoms with E-state index in [-0.39, 0.29) is 24.1 Å². The highest BCUT2D eigenvalue weighted by Gasteiger charge is 2.16. The first kappa shape index (κ1) is 15.4. The molecule has 0 unspecified atom stereocenters. The van der Waals surface area contributed by atoms with E-state index < -0.39 is 0 Å². The Labute approximate surface area is 126 Å². The molecular formula is C15H16FNO3S. The van der Waals surface area contributed by atoms with E-state index in [9.17, 15) is 14.0 Å². The third kappa shape index (κ3) is 3.58. The highest BCUT2D eigenvalue weighted by molar-refractivity contribution is 7.20. The number of esters is 1. The summed E-state index contributed by atoms with van der Waals surface area (Å²) in [6, 6.07) is 6.37. The summed E-state index contributed by atoms with van der Waals surface area (Å²) in [4.78, 5) is 25.3. The predicted octanol–water partition coefficient (Wildman–Crippen LogP) is 3.07. The zero-order valence-corrected chi connectivity index (χ0v) is 12.7. The number of benzene rings is 1. The molecule has 0 fully saturated rings. The molecule has 6 heteroatoms. The molecule has 0 spiro atoms. The second kappa shape index (κ2) is 6.67. The number of amides is 1. The van der Waals surface area contributed by atoms with Crippen molar-refractivity contribution in [1.82, 2.24) is 4.90 Å². The summed E-state index contributed by atoms with van der Waals surface area (Å²) in [5.74, 6) is -0.781. The van der Waals surface area contributed by atoms with Crippen molar-refractivity contribution in [3.63, 3.8) is 0 Å². The minimum absolute atomic E-state index is 0.166. The van der Waals surface area contributed by atoms with Crippen LogP contribution in [0.15, 0.2) is 24.3 Å². The van der Waals surface area contributed by atoms with E-state index in [0.717, 1.165) is 4.70 Å². The van der Waals surface area contributed by atoms with Gasteiger partial charge in [-0.15, -0.1) is 11.3 Å². The minimum Gasteiger partial charge on any atom is -0.469 e. The number of thiophene rings is 1. The number of rotatable bonds is 5. The van der Waals surface area contributed by atoms with Gasteiger partial charge in [0.05, 0.1) is 12.0 Å². The van der Waals surface area contributed by atoms with Gasteiger partial charge in [-0.2, -0.15) is 0 Å². The molecule has 0 atom stereocenters. The Bertz CT molecular complexity index is 668. The SMILES string of the molecule is COC(=O)CCCN(C)C(=O)c1cc2c(F)cccc2s1. The molecular weight excluding hydrogens is 293 g/mol. The molecule has 0 saturated carbocycles. The van der Waals surface area contributed by atoms with Gasteiger partial charge in [0.1, 0.15) is 5.82 Å². The summed E-state index contributed by atoms with van der Waals surface area (Å²) in [5.41, 5.74) is 0. The summed E-state index contributed by atoms with van der Waals surface area (Å²) in [5, 5.41) is 0.466. The molecule has 112 valence electrons. The Morgan fingerprint density at radius 2 is 2.14 bits per heavy atom. The lowest BCUT2D eigenvalue weighted by molar-refractivity contribution is -0.140. The predicted molar refractivity (Wildman–Crippen MR) is 80.0 cm³/mol. The average molecular weight is 309 g/mol. The summed E-state index contributed by atoms with van der Waals surface area (Å²) >= 11 is 1.27. The minimum atomic E-state index is -0.323. The van der Waals surface area contributed by atoms with Crippen molar-refractivity contribution >= 4 is 33.3 Å². The van der Waals surface area contributed by atoms with Crippen LogP contribution in [0.1, 0.15) is 22.5 Å². The van der Waals surface area contributed by atoms with Gasteiger partial charge in [-0.1, -0.05) is 6.07 Å². The van der Waals surface area contributed by atoms with Gasteiger partial charge in [0, 0.05) is 30.1 Å². The van der Waals surface area contributed by atoms with Crippen molar-refractivity contribution in [1.29, 1.82) is 0 Å². The van der Waals surface area contributed by atoms with E-state index in [2.05, 4.69) is 4.74 Å². The first-order valence-electron chi connectivity index (χ1n) is 6.53. The van der Waals surface area contributed by atoms with Crippen LogP contribution in [0.4, 0.5) is 4.39 Å². The van der Waals surface area contributed by atoms with Gasteiger partial charge >= 0.3 is 5.97 Å². The fraction of sp³-hybridized carbons (Fsp3) is 0.333. The van der Waals surface area contributed by atoms with Crippen LogP contribution >= 0.6 is 11.3 Å². The zero-order valence-electron chi connectivity index (χ0n) is 11.9. The second-order valence-electron chi connectivity index (χ2n) is 4.67. The van der Waals surface area contributed by atoms with E-state index in [1.165, 1.54) is 29.4 Å². The summed E-state index contributed by atoms with van der Waals surface area (Å²) in [6.45, 7) is 0.449. The monoisotopic (exact) mass is 309 g/mol. The van der Waals surface area contributed by atoms with Gasteiger partial charge in [0.25, 0.3) is 5.91 Å². The van der Waals surface area contributed by atoms with Crippen LogP contribution in [0.25, 0.3) is 10.1 Å². The summed E-state index contributed by atoms with van der Waals surface area (Å²) < 4.78 is 18.9. The van der Waals surface area contributed by atoms with Crippen molar-refractivity contribution in [2.75, 3.05) is 20.7 Å². The number of hydrogen-bond acceptors (Lipinski definition) is 4. The molecule has 1 aromatic heterocycles. The molecule has 1 aromatic carbocycles. The third-order valence-electron chi connectivity index (χ3n) is 3.17. The van der Waals surface area contributed by atoms with Gasteiger partial charge in [-0.25, -0.2) is 4.39 Å². The number of nitrogens with zero attached hydrogens (tertiary/aromatic N) is 1. The van der Waals surface area contributed by atoms with Crippen molar-refractivity contribution < 1.29 is 18.7 Å². The zero-order chi connectivity index (χ0) is 15.4. The number of halogens is 1. The number of carbonyl (C=O) groups is 2. The second-order valence-corrected chi connectivity index (χ2v) is 5.75. The molecule has 0 aliphatic heterocycles. The fourth-order valence-electron chi connectivity index (χ4n) is 1.98. The molecule has 0 aliphatic rings. The van der Waals surface area contributed by atoms with Crippen LogP contribution in [-0.2, 0) is 9.53 Å². The van der Waals surface area contributed by atoms with Crippen molar-refractivity contribution in [3.8, 4) is 0 Å². The first-order chi connectivity index (χ1) is 10.0. The Balaban J connectivity index is 2.04. The third-order valence-corrected chi connectivity index (χ3v) is 4.26. The van der Waals surface area contributed by atoms with Gasteiger partial charge in [-0.05, 0) is 24.6 Å². The van der Waals surface area contributed by atoms with Crippen molar-refractivity contribution in [3.05, 3.63) is 35.0 Å². The van der Waals surface area contributed by atoms with Gasteiger partial charge in [0.15, 0.2) is 0 Å². The molecule has 1 amide bonds. The molecule has 0 aliphatic carbocycles. The van der Waals surface area contributed by atoms with Gasteiger partial charge in [-0.3, -0.25) is 9.59 Å². The maximum Gasteiger partial charge on any atom is 0.305 e. The number of fused-ring (bicyclic) bond motifs is 1. The van der Waals surface area contributed by atoms with Gasteiger partial charge < -0.3 is 9.64 Å². The molecule has 2 aromatic rings. The fourth-order valence-corrected chi connectivity index (χ4v) is 3.05. The Hall–Kier alpha value is -1.95. The molecule has 0 N–H and O–H groups in total. The molecule has 2 rings (SSSR count). The normalized spacial score (nSPS) is 10.6. The van der Waals surface area contributed by atoms with Crippen molar-refractivity contribution in [2.24, 2.45) is 0 Å². The molecule has 0 saturated heterocycles. The van der Waals surface area contributed by atoms with E-state index in [0.29, 0.717) is 23.2 Å². The van der Waals surface area contributed by atoms with Crippen LogP contribution < -0.4 is 0 Å². The number of ether oxygens (including phenoxy) is 1. The maximum atomic E-state index is 13.6. The Kier molecular flexibility index (Phi) is 4.90. The van der Waals surface area contributed by atoms with Crippen LogP contribution in [0, 0.1) is 5.82 Å². The molecule has 4 nitrogen and oxygen atoms in total. The van der Waals surface area contributed by atoms with E-state index in [1.54, 1.807) is 25.2 Å². The van der Waals surface area contributed by atoms with Gasteiger partial charge in [0.2, 0.25) is 0 Å². The quantitative estimate of drug-likeness (QED) is 0.798.